The highest BCUT2D eigenvalue weighted by Crippen LogP contribution is 2.65. The minimum absolute atomic E-state index is 0.0477. The summed E-state index contributed by atoms with van der Waals surface area (Å²) in [6.07, 6.45) is 1.22. The molecule has 1 N–H and O–H groups in total. The van der Waals surface area contributed by atoms with Gasteiger partial charge in [-0.15, -0.1) is 23.2 Å². The van der Waals surface area contributed by atoms with E-state index in [2.05, 4.69) is 4.98 Å². The summed E-state index contributed by atoms with van der Waals surface area (Å²) in [5.74, 6) is -2.11. The number of rotatable bonds is 8. The van der Waals surface area contributed by atoms with Gasteiger partial charge in [0, 0.05) is 69.2 Å². The molecule has 3 aliphatic rings. The summed E-state index contributed by atoms with van der Waals surface area (Å²) in [6.45, 7) is -0.337. The van der Waals surface area contributed by atoms with Gasteiger partial charge in [0.1, 0.15) is 22.9 Å². The molecule has 274 valence electrons. The van der Waals surface area contributed by atoms with E-state index in [9.17, 15) is 29.1 Å². The van der Waals surface area contributed by atoms with Crippen molar-refractivity contribution in [1.29, 1.82) is 0 Å². The van der Waals surface area contributed by atoms with E-state index in [-0.39, 0.29) is 54.4 Å². The number of hydrogen-bond donors (Lipinski definition) is 1. The maximum Gasteiger partial charge on any atom is 0.347 e. The molecule has 16 nitrogen and oxygen atoms in total. The Balaban J connectivity index is 1.34. The molecule has 0 radical (unpaired) electrons. The smallest absolute Gasteiger partial charge is 0.347 e. The lowest BCUT2D eigenvalue weighted by atomic mass is 9.64. The molecule has 4 atom stereocenters. The van der Waals surface area contributed by atoms with Crippen LogP contribution in [0.5, 0.6) is 28.7 Å². The van der Waals surface area contributed by atoms with Gasteiger partial charge in [-0.05, 0) is 5.57 Å². The molecule has 1 saturated heterocycles. The van der Waals surface area contributed by atoms with Crippen LogP contribution >= 0.6 is 23.2 Å². The zero-order chi connectivity index (χ0) is 37.6. The van der Waals surface area contributed by atoms with Crippen LogP contribution in [-0.2, 0) is 36.1 Å². The van der Waals surface area contributed by atoms with E-state index in [1.165, 1.54) is 61.6 Å². The molecule has 0 bridgehead atoms. The third-order valence-corrected chi connectivity index (χ3v) is 11.8. The first-order chi connectivity index (χ1) is 24.7. The van der Waals surface area contributed by atoms with E-state index in [4.69, 9.17) is 42.1 Å². The number of imide groups is 1. The lowest BCUT2D eigenvalue weighted by molar-refractivity contribution is -0.137. The van der Waals surface area contributed by atoms with Crippen molar-refractivity contribution in [3.05, 3.63) is 78.5 Å². The Labute approximate surface area is 304 Å². The van der Waals surface area contributed by atoms with Gasteiger partial charge in [0.25, 0.3) is 17.4 Å². The number of amides is 2. The number of likely N-dealkylation sites (tertiary alicyclic amines) is 1. The Hall–Kier alpha value is -5.22. The molecule has 52 heavy (non-hydrogen) atoms. The van der Waals surface area contributed by atoms with Crippen molar-refractivity contribution in [2.45, 2.75) is 47.6 Å². The summed E-state index contributed by atoms with van der Waals surface area (Å²) in [7, 11) is 8.54. The molecule has 2 fully saturated rings. The van der Waals surface area contributed by atoms with Gasteiger partial charge in [-0.1, -0.05) is 6.08 Å². The summed E-state index contributed by atoms with van der Waals surface area (Å²) in [6, 6.07) is 4.99. The van der Waals surface area contributed by atoms with Gasteiger partial charge in [-0.3, -0.25) is 19.3 Å². The van der Waals surface area contributed by atoms with Gasteiger partial charge in [0.2, 0.25) is 0 Å². The largest absolute Gasteiger partial charge is 0.507 e. The molecule has 2 aromatic carbocycles. The van der Waals surface area contributed by atoms with Crippen LogP contribution in [0.25, 0.3) is 11.0 Å². The Morgan fingerprint density at radius 1 is 0.885 bits per heavy atom. The summed E-state index contributed by atoms with van der Waals surface area (Å²) in [5.41, 5.74) is -0.409. The molecule has 0 unspecified atom stereocenters. The Bertz CT molecular complexity index is 2430. The first-order valence-corrected chi connectivity index (χ1v) is 16.8. The molecule has 1 aliphatic carbocycles. The highest BCUT2D eigenvalue weighted by atomic mass is 35.5. The van der Waals surface area contributed by atoms with Crippen LogP contribution in [0.4, 0.5) is 0 Å². The van der Waals surface area contributed by atoms with Gasteiger partial charge in [0.15, 0.2) is 21.2 Å². The number of phenols is 1. The minimum Gasteiger partial charge on any atom is -0.507 e. The molecule has 2 aliphatic heterocycles. The maximum atomic E-state index is 14.2. The van der Waals surface area contributed by atoms with Gasteiger partial charge >= 0.3 is 11.4 Å². The number of benzene rings is 2. The molecule has 2 amide bonds. The van der Waals surface area contributed by atoms with Crippen molar-refractivity contribution in [2.24, 2.45) is 7.05 Å². The summed E-state index contributed by atoms with van der Waals surface area (Å²) >= 11 is 14.4. The summed E-state index contributed by atoms with van der Waals surface area (Å²) in [5, 5.41) is 11.4. The SMILES string of the molecule is COc1cc(O)c([C@H]2C3=CCn4c(=O)n(CCc5nc6cc(OC)c(OC)cc6n(C)c5=O)c(=O)n4[C@@H]3C[C@@]3(Cl)C(=O)N(C)C(=O)[C@@]23Cl)c(OC)c1. The fourth-order valence-electron chi connectivity index (χ4n) is 7.82. The number of aromatic nitrogens is 5. The Kier molecular flexibility index (Phi) is 8.25. The van der Waals surface area contributed by atoms with Crippen LogP contribution in [0.1, 0.15) is 29.6 Å². The molecule has 4 heterocycles. The second kappa shape index (κ2) is 12.2. The number of hydrogen-bond acceptors (Lipinski definition) is 11. The molecular formula is C34H34Cl2N6O10. The molecule has 7 rings (SSSR count). The number of allylic oxidation sites excluding steroid dienone is 2. The molecule has 2 aromatic heterocycles. The van der Waals surface area contributed by atoms with Crippen LogP contribution in [0.15, 0.2) is 50.3 Å². The highest BCUT2D eigenvalue weighted by Gasteiger charge is 2.75. The number of methoxy groups -OCH3 is 4. The highest BCUT2D eigenvalue weighted by molar-refractivity contribution is 6.53. The Morgan fingerprint density at radius 2 is 1.56 bits per heavy atom. The molecule has 18 heteroatoms. The van der Waals surface area contributed by atoms with Gasteiger partial charge in [-0.2, -0.15) is 0 Å². The lowest BCUT2D eigenvalue weighted by Crippen LogP contribution is -2.59. The zero-order valence-electron chi connectivity index (χ0n) is 28.9. The van der Waals surface area contributed by atoms with Crippen molar-refractivity contribution in [3.63, 3.8) is 0 Å². The number of carbonyl (C=O) groups is 2. The van der Waals surface area contributed by atoms with Crippen LogP contribution in [-0.4, -0.2) is 90.5 Å². The van der Waals surface area contributed by atoms with Crippen LogP contribution in [0, 0.1) is 0 Å². The minimum atomic E-state index is -2.16. The lowest BCUT2D eigenvalue weighted by Gasteiger charge is -2.49. The third-order valence-electron chi connectivity index (χ3n) is 10.4. The number of halogens is 2. The number of aryl methyl sites for hydroxylation is 2. The van der Waals surface area contributed by atoms with Crippen molar-refractivity contribution in [1.82, 2.24) is 28.4 Å². The van der Waals surface area contributed by atoms with Crippen molar-refractivity contribution in [3.8, 4) is 28.7 Å². The predicted octanol–water partition coefficient (Wildman–Crippen LogP) is 1.66. The number of ether oxygens (including phenoxy) is 4. The van der Waals surface area contributed by atoms with E-state index < -0.39 is 50.5 Å². The van der Waals surface area contributed by atoms with Gasteiger partial charge in [-0.25, -0.2) is 28.5 Å². The summed E-state index contributed by atoms with van der Waals surface area (Å²) in [4.78, 5) is 70.2. The fraction of sp³-hybridized carbons (Fsp3) is 0.412. The normalized spacial score (nSPS) is 23.6. The average molecular weight is 758 g/mol. The number of phenolic OH excluding ortho intramolecular Hbond substituents is 1. The van der Waals surface area contributed by atoms with E-state index in [1.807, 2.05) is 0 Å². The molecule has 1 saturated carbocycles. The number of alkyl halides is 2. The van der Waals surface area contributed by atoms with E-state index in [1.54, 1.807) is 25.3 Å². The predicted molar refractivity (Wildman–Crippen MR) is 187 cm³/mol. The quantitative estimate of drug-likeness (QED) is 0.157. The molecule has 0 spiro atoms. The number of fused-ring (bicyclic) bond motifs is 5. The van der Waals surface area contributed by atoms with Crippen molar-refractivity contribution >= 4 is 46.0 Å². The van der Waals surface area contributed by atoms with Crippen LogP contribution in [0.2, 0.25) is 0 Å². The maximum absolute atomic E-state index is 14.2. The Morgan fingerprint density at radius 3 is 2.21 bits per heavy atom. The van der Waals surface area contributed by atoms with Gasteiger partial charge in [0.05, 0.1) is 52.1 Å². The van der Waals surface area contributed by atoms with Gasteiger partial charge < -0.3 is 28.6 Å². The second-order valence-corrected chi connectivity index (χ2v) is 14.1. The van der Waals surface area contributed by atoms with E-state index in [0.29, 0.717) is 28.1 Å². The van der Waals surface area contributed by atoms with Crippen molar-refractivity contribution < 1.29 is 33.6 Å². The molecule has 4 aromatic rings. The first kappa shape index (κ1) is 35.2. The van der Waals surface area contributed by atoms with E-state index in [0.717, 1.165) is 9.47 Å². The second-order valence-electron chi connectivity index (χ2n) is 12.8. The monoisotopic (exact) mass is 756 g/mol. The number of nitrogens with zero attached hydrogens (tertiary/aromatic N) is 6. The first-order valence-electron chi connectivity index (χ1n) is 16.1. The topological polar surface area (TPSA) is 178 Å². The van der Waals surface area contributed by atoms with Crippen LogP contribution in [0.3, 0.4) is 0 Å². The third kappa shape index (κ3) is 4.59. The summed E-state index contributed by atoms with van der Waals surface area (Å²) < 4.78 is 26.4. The average Bonchev–Trinajstić information content (AvgIpc) is 3.45. The zero-order valence-corrected chi connectivity index (χ0v) is 30.4. The standard InChI is InChI=1S/C34H34Cl2N6O10/c1-38-20-14-24(51-5)23(50-4)13-19(20)37-18(28(38)44)8-9-40-31(47)41-10-7-17-21(42(41)32(40)48)15-33(35)29(45)39(2)30(46)34(33,36)27(17)26-22(43)11-16(49-3)12-25(26)52-6/h7,11-14,21,27,43H,8-10,15H2,1-6H3/t21-,27-,33-,34+/m1/s1. The fourth-order valence-corrected chi connectivity index (χ4v) is 8.80. The molecular weight excluding hydrogens is 723 g/mol. The van der Waals surface area contributed by atoms with E-state index >= 15 is 0 Å². The number of aromatic hydroxyl groups is 1. The number of carbonyl (C=O) groups excluding carboxylic acids is 2. The van der Waals surface area contributed by atoms with Crippen LogP contribution < -0.4 is 35.9 Å². The van der Waals surface area contributed by atoms with Crippen molar-refractivity contribution in [2.75, 3.05) is 35.5 Å².